The molecular formula is C20H25N3O5S. The van der Waals surface area contributed by atoms with Crippen molar-refractivity contribution in [3.05, 3.63) is 57.6 Å². The smallest absolute Gasteiger partial charge is 0.293 e. The van der Waals surface area contributed by atoms with Crippen molar-refractivity contribution in [1.29, 1.82) is 0 Å². The van der Waals surface area contributed by atoms with Gasteiger partial charge in [0.05, 0.1) is 15.5 Å². The Bertz CT molecular complexity index is 1020. The van der Waals surface area contributed by atoms with Crippen LogP contribution in [0.5, 0.6) is 0 Å². The van der Waals surface area contributed by atoms with Crippen LogP contribution < -0.4 is 9.62 Å². The molecule has 29 heavy (non-hydrogen) atoms. The van der Waals surface area contributed by atoms with E-state index in [9.17, 15) is 23.6 Å². The first-order valence-electron chi connectivity index (χ1n) is 9.45. The van der Waals surface area contributed by atoms with Gasteiger partial charge in [-0.3, -0.25) is 14.8 Å². The summed E-state index contributed by atoms with van der Waals surface area (Å²) in [5.74, 6) is 0.0537. The molecule has 0 aromatic heterocycles. The minimum atomic E-state index is -3.98. The molecule has 0 amide bonds. The van der Waals surface area contributed by atoms with Crippen LogP contribution >= 0.6 is 0 Å². The monoisotopic (exact) mass is 419 g/mol. The van der Waals surface area contributed by atoms with Gasteiger partial charge in [-0.1, -0.05) is 17.7 Å². The molecule has 1 aliphatic rings. The molecule has 1 atom stereocenters. The topological polar surface area (TPSA) is 113 Å². The van der Waals surface area contributed by atoms with Gasteiger partial charge in [0.1, 0.15) is 5.69 Å². The molecule has 1 saturated heterocycles. The van der Waals surface area contributed by atoms with Gasteiger partial charge in [0.2, 0.25) is 0 Å². The van der Waals surface area contributed by atoms with Gasteiger partial charge in [-0.05, 0) is 56.4 Å². The quantitative estimate of drug-likeness (QED) is 0.549. The Labute approximate surface area is 170 Å². The zero-order chi connectivity index (χ0) is 21.2. The summed E-state index contributed by atoms with van der Waals surface area (Å²) in [6.45, 7) is 4.87. The van der Waals surface area contributed by atoms with E-state index in [2.05, 4.69) is 4.72 Å². The lowest BCUT2D eigenvalue weighted by Gasteiger charge is -2.33. The Hall–Kier alpha value is -2.65. The number of aliphatic hydroxyl groups is 1. The van der Waals surface area contributed by atoms with Crippen molar-refractivity contribution in [2.45, 2.75) is 31.6 Å². The van der Waals surface area contributed by atoms with Crippen LogP contribution in [0.1, 0.15) is 24.0 Å². The molecule has 8 nitrogen and oxygen atoms in total. The van der Waals surface area contributed by atoms with Crippen molar-refractivity contribution in [3.63, 3.8) is 0 Å². The number of nitrogens with zero attached hydrogens (tertiary/aromatic N) is 2. The van der Waals surface area contributed by atoms with E-state index < -0.39 is 14.9 Å². The van der Waals surface area contributed by atoms with E-state index in [1.54, 1.807) is 19.1 Å². The highest BCUT2D eigenvalue weighted by Gasteiger charge is 2.28. The number of aliphatic hydroxyl groups excluding tert-OH is 1. The van der Waals surface area contributed by atoms with E-state index in [4.69, 9.17) is 0 Å². The molecule has 2 aromatic carbocycles. The predicted octanol–water partition coefficient (Wildman–Crippen LogP) is 3.22. The summed E-state index contributed by atoms with van der Waals surface area (Å²) in [7, 11) is -3.98. The number of nitro benzene ring substituents is 1. The van der Waals surface area contributed by atoms with Crippen LogP contribution in [0.3, 0.4) is 0 Å². The van der Waals surface area contributed by atoms with Gasteiger partial charge in [0.25, 0.3) is 15.7 Å². The Kier molecular flexibility index (Phi) is 6.09. The number of hydrogen-bond donors (Lipinski definition) is 2. The fourth-order valence-corrected chi connectivity index (χ4v) is 4.80. The third-order valence-corrected chi connectivity index (χ3v) is 6.56. The van der Waals surface area contributed by atoms with Crippen molar-refractivity contribution in [1.82, 2.24) is 0 Å². The zero-order valence-corrected chi connectivity index (χ0v) is 17.3. The maximum atomic E-state index is 12.8. The third-order valence-electron chi connectivity index (χ3n) is 5.20. The molecule has 0 saturated carbocycles. The lowest BCUT2D eigenvalue weighted by Crippen LogP contribution is -2.37. The molecule has 1 unspecified atom stereocenters. The van der Waals surface area contributed by atoms with Crippen LogP contribution in [-0.4, -0.2) is 38.1 Å². The zero-order valence-electron chi connectivity index (χ0n) is 16.5. The molecule has 0 spiro atoms. The largest absolute Gasteiger partial charge is 0.396 e. The van der Waals surface area contributed by atoms with Crippen molar-refractivity contribution >= 4 is 27.1 Å². The first-order valence-corrected chi connectivity index (χ1v) is 10.9. The second-order valence-corrected chi connectivity index (χ2v) is 9.15. The number of benzene rings is 2. The summed E-state index contributed by atoms with van der Waals surface area (Å²) >= 11 is 0. The fraction of sp³-hybridized carbons (Fsp3) is 0.400. The lowest BCUT2D eigenvalue weighted by molar-refractivity contribution is -0.384. The number of nitro groups is 1. The van der Waals surface area contributed by atoms with E-state index in [1.165, 1.54) is 12.1 Å². The number of piperidine rings is 1. The average Bonchev–Trinajstić information content (AvgIpc) is 2.69. The summed E-state index contributed by atoms with van der Waals surface area (Å²) in [5, 5.41) is 21.1. The fourth-order valence-electron chi connectivity index (χ4n) is 3.65. The maximum absolute atomic E-state index is 12.8. The summed E-state index contributed by atoms with van der Waals surface area (Å²) in [6, 6.07) is 9.30. The Morgan fingerprint density at radius 1 is 1.24 bits per heavy atom. The van der Waals surface area contributed by atoms with Crippen LogP contribution in [0.4, 0.5) is 17.1 Å². The van der Waals surface area contributed by atoms with E-state index >= 15 is 0 Å². The van der Waals surface area contributed by atoms with Crippen LogP contribution in [-0.2, 0) is 10.0 Å². The van der Waals surface area contributed by atoms with Gasteiger partial charge >= 0.3 is 0 Å². The van der Waals surface area contributed by atoms with Crippen LogP contribution in [0.15, 0.2) is 41.3 Å². The van der Waals surface area contributed by atoms with Gasteiger partial charge in [0.15, 0.2) is 0 Å². The molecular weight excluding hydrogens is 394 g/mol. The Morgan fingerprint density at radius 2 is 2.00 bits per heavy atom. The van der Waals surface area contributed by atoms with Gasteiger partial charge in [0, 0.05) is 25.8 Å². The summed E-state index contributed by atoms with van der Waals surface area (Å²) in [5.41, 5.74) is 2.33. The van der Waals surface area contributed by atoms with Crippen molar-refractivity contribution in [3.8, 4) is 0 Å². The Balaban J connectivity index is 1.94. The second-order valence-electron chi connectivity index (χ2n) is 7.47. The van der Waals surface area contributed by atoms with E-state index in [0.717, 1.165) is 30.0 Å². The number of rotatable bonds is 6. The molecule has 2 aromatic rings. The number of anilines is 2. The number of aryl methyl sites for hydroxylation is 2. The molecule has 1 heterocycles. The van der Waals surface area contributed by atoms with Crippen LogP contribution in [0, 0.1) is 29.9 Å². The van der Waals surface area contributed by atoms with Crippen molar-refractivity contribution < 1.29 is 18.4 Å². The normalized spacial score (nSPS) is 17.2. The molecule has 3 rings (SSSR count). The van der Waals surface area contributed by atoms with E-state index in [0.29, 0.717) is 24.5 Å². The van der Waals surface area contributed by atoms with Gasteiger partial charge in [-0.15, -0.1) is 0 Å². The van der Waals surface area contributed by atoms with Crippen molar-refractivity contribution in [2.24, 2.45) is 5.92 Å². The third kappa shape index (κ3) is 4.68. The highest BCUT2D eigenvalue weighted by Crippen LogP contribution is 2.34. The van der Waals surface area contributed by atoms with Gasteiger partial charge in [-0.2, -0.15) is 0 Å². The second kappa shape index (κ2) is 8.38. The van der Waals surface area contributed by atoms with Crippen LogP contribution in [0.2, 0.25) is 0 Å². The molecule has 0 aliphatic carbocycles. The molecule has 1 fully saturated rings. The number of nitrogens with one attached hydrogen (secondary N) is 1. The molecule has 1 aliphatic heterocycles. The molecule has 2 N–H and O–H groups in total. The van der Waals surface area contributed by atoms with Gasteiger partial charge < -0.3 is 10.0 Å². The first kappa shape index (κ1) is 21.1. The van der Waals surface area contributed by atoms with E-state index in [-0.39, 0.29) is 23.1 Å². The minimum absolute atomic E-state index is 0.0244. The van der Waals surface area contributed by atoms with Crippen LogP contribution in [0.25, 0.3) is 0 Å². The standard InChI is InChI=1S/C20H25N3O5S/c1-14-5-7-18(15(2)10-14)21-29(27,28)17-6-8-19(20(11-17)23(25)26)22-9-3-4-16(12-22)13-24/h5-8,10-11,16,21,24H,3-4,9,12-13H2,1-2H3. The minimum Gasteiger partial charge on any atom is -0.396 e. The summed E-state index contributed by atoms with van der Waals surface area (Å²) in [6.07, 6.45) is 1.68. The predicted molar refractivity (Wildman–Crippen MR) is 112 cm³/mol. The summed E-state index contributed by atoms with van der Waals surface area (Å²) in [4.78, 5) is 12.8. The highest BCUT2D eigenvalue weighted by molar-refractivity contribution is 7.92. The summed E-state index contributed by atoms with van der Waals surface area (Å²) < 4.78 is 28.2. The highest BCUT2D eigenvalue weighted by atomic mass is 32.2. The SMILES string of the molecule is Cc1ccc(NS(=O)(=O)c2ccc(N3CCCC(CO)C3)c([N+](=O)[O-])c2)c(C)c1. The van der Waals surface area contributed by atoms with Crippen molar-refractivity contribution in [2.75, 3.05) is 29.3 Å². The molecule has 9 heteroatoms. The molecule has 0 bridgehead atoms. The van der Waals surface area contributed by atoms with Gasteiger partial charge in [-0.25, -0.2) is 8.42 Å². The number of sulfonamides is 1. The lowest BCUT2D eigenvalue weighted by atomic mass is 9.98. The van der Waals surface area contributed by atoms with E-state index in [1.807, 2.05) is 17.9 Å². The molecule has 156 valence electrons. The number of hydrogen-bond acceptors (Lipinski definition) is 6. The maximum Gasteiger partial charge on any atom is 0.293 e. The Morgan fingerprint density at radius 3 is 2.66 bits per heavy atom. The first-order chi connectivity index (χ1) is 13.7. The molecule has 0 radical (unpaired) electrons. The average molecular weight is 420 g/mol.